The van der Waals surface area contributed by atoms with Crippen LogP contribution in [0.3, 0.4) is 0 Å². The first-order valence-corrected chi connectivity index (χ1v) is 7.31. The van der Waals surface area contributed by atoms with E-state index in [1.54, 1.807) is 18.4 Å². The molecule has 0 amide bonds. The summed E-state index contributed by atoms with van der Waals surface area (Å²) in [5, 5.41) is 14.2. The topological polar surface area (TPSA) is 56.3 Å². The molecule has 1 N–H and O–H groups in total. The van der Waals surface area contributed by atoms with Crippen LogP contribution < -0.4 is 5.32 Å². The van der Waals surface area contributed by atoms with E-state index >= 15 is 0 Å². The van der Waals surface area contributed by atoms with Gasteiger partial charge in [0, 0.05) is 45.8 Å². The van der Waals surface area contributed by atoms with Gasteiger partial charge in [-0.15, -0.1) is 21.5 Å². The molecule has 0 radical (unpaired) electrons. The molecular weight excluding hydrogens is 250 g/mol. The third-order valence-corrected chi connectivity index (χ3v) is 4.20. The Kier molecular flexibility index (Phi) is 5.99. The summed E-state index contributed by atoms with van der Waals surface area (Å²) in [5.74, 6) is 0.562. The van der Waals surface area contributed by atoms with Crippen molar-refractivity contribution < 1.29 is 9.47 Å². The second-order valence-corrected chi connectivity index (χ2v) is 5.51. The first-order chi connectivity index (χ1) is 8.90. The fraction of sp³-hybridized carbons (Fsp3) is 0.833. The Balaban J connectivity index is 1.72. The maximum atomic E-state index is 5.37. The lowest BCUT2D eigenvalue weighted by Crippen LogP contribution is -2.21. The third-order valence-electron chi connectivity index (χ3n) is 3.05. The Morgan fingerprint density at radius 1 is 1.33 bits per heavy atom. The van der Waals surface area contributed by atoms with Crippen molar-refractivity contribution in [2.45, 2.75) is 25.2 Å². The van der Waals surface area contributed by atoms with Crippen LogP contribution in [-0.4, -0.2) is 50.2 Å². The predicted octanol–water partition coefficient (Wildman–Crippen LogP) is 1.21. The van der Waals surface area contributed by atoms with Crippen molar-refractivity contribution >= 4 is 11.3 Å². The van der Waals surface area contributed by atoms with Gasteiger partial charge in [0.25, 0.3) is 0 Å². The molecule has 102 valence electrons. The largest absolute Gasteiger partial charge is 0.383 e. The van der Waals surface area contributed by atoms with Crippen molar-refractivity contribution in [3.63, 3.8) is 0 Å². The van der Waals surface area contributed by atoms with Gasteiger partial charge in [0.2, 0.25) is 0 Å². The molecule has 1 aliphatic rings. The second kappa shape index (κ2) is 7.78. The van der Waals surface area contributed by atoms with Gasteiger partial charge in [0.05, 0.1) is 6.61 Å². The molecule has 0 atom stereocenters. The molecule has 1 fully saturated rings. The van der Waals surface area contributed by atoms with Crippen LogP contribution in [0.2, 0.25) is 0 Å². The summed E-state index contributed by atoms with van der Waals surface area (Å²) >= 11 is 1.75. The standard InChI is InChI=1S/C12H21N3O2S/c1-16-9-6-13-5-2-11-14-15-12(18-11)10-3-7-17-8-4-10/h10,13H,2-9H2,1H3. The minimum atomic E-state index is 0.562. The minimum Gasteiger partial charge on any atom is -0.383 e. The van der Waals surface area contributed by atoms with E-state index in [0.717, 1.165) is 57.2 Å². The van der Waals surface area contributed by atoms with E-state index < -0.39 is 0 Å². The van der Waals surface area contributed by atoms with Gasteiger partial charge in [-0.05, 0) is 12.8 Å². The van der Waals surface area contributed by atoms with Gasteiger partial charge in [-0.3, -0.25) is 0 Å². The fourth-order valence-electron chi connectivity index (χ4n) is 1.97. The molecule has 18 heavy (non-hydrogen) atoms. The molecule has 0 unspecified atom stereocenters. The summed E-state index contributed by atoms with van der Waals surface area (Å²) in [4.78, 5) is 0. The van der Waals surface area contributed by atoms with Crippen LogP contribution >= 0.6 is 11.3 Å². The van der Waals surface area contributed by atoms with Crippen LogP contribution in [-0.2, 0) is 15.9 Å². The normalized spacial score (nSPS) is 17.2. The molecule has 0 aromatic carbocycles. The third kappa shape index (κ3) is 4.28. The first kappa shape index (κ1) is 13.9. The zero-order valence-electron chi connectivity index (χ0n) is 10.9. The number of methoxy groups -OCH3 is 1. The Labute approximate surface area is 112 Å². The number of aromatic nitrogens is 2. The number of hydrogen-bond acceptors (Lipinski definition) is 6. The lowest BCUT2D eigenvalue weighted by atomic mass is 10.0. The molecule has 2 rings (SSSR count). The van der Waals surface area contributed by atoms with E-state index in [4.69, 9.17) is 9.47 Å². The monoisotopic (exact) mass is 271 g/mol. The highest BCUT2D eigenvalue weighted by molar-refractivity contribution is 7.11. The van der Waals surface area contributed by atoms with Gasteiger partial charge in [-0.1, -0.05) is 0 Å². The van der Waals surface area contributed by atoms with Crippen LogP contribution in [0.4, 0.5) is 0 Å². The van der Waals surface area contributed by atoms with Crippen LogP contribution in [0.15, 0.2) is 0 Å². The quantitative estimate of drug-likeness (QED) is 0.756. The summed E-state index contributed by atoms with van der Waals surface area (Å²) < 4.78 is 10.3. The maximum Gasteiger partial charge on any atom is 0.120 e. The molecule has 5 nitrogen and oxygen atoms in total. The molecular formula is C12H21N3O2S. The Hall–Kier alpha value is -0.560. The highest BCUT2D eigenvalue weighted by Gasteiger charge is 2.19. The highest BCUT2D eigenvalue weighted by Crippen LogP contribution is 2.28. The summed E-state index contributed by atoms with van der Waals surface area (Å²) in [6, 6.07) is 0. The van der Waals surface area contributed by atoms with Gasteiger partial charge >= 0.3 is 0 Å². The van der Waals surface area contributed by atoms with Crippen molar-refractivity contribution in [2.24, 2.45) is 0 Å². The Morgan fingerprint density at radius 3 is 2.94 bits per heavy atom. The number of ether oxygens (including phenoxy) is 2. The number of nitrogens with zero attached hydrogens (tertiary/aromatic N) is 2. The lowest BCUT2D eigenvalue weighted by molar-refractivity contribution is 0.0851. The zero-order chi connectivity index (χ0) is 12.6. The molecule has 2 heterocycles. The van der Waals surface area contributed by atoms with Crippen molar-refractivity contribution in [2.75, 3.05) is 40.0 Å². The zero-order valence-corrected chi connectivity index (χ0v) is 11.7. The van der Waals surface area contributed by atoms with E-state index in [-0.39, 0.29) is 0 Å². The lowest BCUT2D eigenvalue weighted by Gasteiger charge is -2.18. The molecule has 1 saturated heterocycles. The highest BCUT2D eigenvalue weighted by atomic mass is 32.1. The summed E-state index contributed by atoms with van der Waals surface area (Å²) in [6.45, 7) is 4.30. The van der Waals surface area contributed by atoms with Crippen LogP contribution in [0.5, 0.6) is 0 Å². The van der Waals surface area contributed by atoms with Crippen LogP contribution in [0, 0.1) is 0 Å². The summed E-state index contributed by atoms with van der Waals surface area (Å²) in [5.41, 5.74) is 0. The smallest absolute Gasteiger partial charge is 0.120 e. The number of nitrogens with one attached hydrogen (secondary N) is 1. The fourth-order valence-corrected chi connectivity index (χ4v) is 2.98. The predicted molar refractivity (Wildman–Crippen MR) is 71.2 cm³/mol. The Morgan fingerprint density at radius 2 is 2.17 bits per heavy atom. The van der Waals surface area contributed by atoms with Gasteiger partial charge in [-0.25, -0.2) is 0 Å². The van der Waals surface area contributed by atoms with Crippen LogP contribution in [0.1, 0.15) is 28.8 Å². The summed E-state index contributed by atoms with van der Waals surface area (Å²) in [7, 11) is 1.71. The summed E-state index contributed by atoms with van der Waals surface area (Å²) in [6.07, 6.45) is 3.12. The van der Waals surface area contributed by atoms with E-state index in [1.807, 2.05) is 0 Å². The second-order valence-electron chi connectivity index (χ2n) is 4.41. The van der Waals surface area contributed by atoms with E-state index in [9.17, 15) is 0 Å². The van der Waals surface area contributed by atoms with Crippen molar-refractivity contribution in [1.82, 2.24) is 15.5 Å². The first-order valence-electron chi connectivity index (χ1n) is 6.50. The Bertz CT molecular complexity index is 340. The molecule has 0 spiro atoms. The van der Waals surface area contributed by atoms with Crippen LogP contribution in [0.25, 0.3) is 0 Å². The molecule has 1 aromatic rings. The molecule has 1 aliphatic heterocycles. The van der Waals surface area contributed by atoms with Crippen molar-refractivity contribution in [3.8, 4) is 0 Å². The van der Waals surface area contributed by atoms with Gasteiger partial charge in [0.1, 0.15) is 10.0 Å². The molecule has 6 heteroatoms. The van der Waals surface area contributed by atoms with Crippen molar-refractivity contribution in [1.29, 1.82) is 0 Å². The van der Waals surface area contributed by atoms with E-state index in [1.165, 1.54) is 5.01 Å². The molecule has 0 saturated carbocycles. The average molecular weight is 271 g/mol. The molecule has 0 bridgehead atoms. The van der Waals surface area contributed by atoms with Crippen molar-refractivity contribution in [3.05, 3.63) is 10.0 Å². The van der Waals surface area contributed by atoms with Gasteiger partial charge in [0.15, 0.2) is 0 Å². The molecule has 1 aromatic heterocycles. The number of rotatable bonds is 7. The van der Waals surface area contributed by atoms with E-state index in [0.29, 0.717) is 5.92 Å². The average Bonchev–Trinajstić information content (AvgIpc) is 2.88. The van der Waals surface area contributed by atoms with E-state index in [2.05, 4.69) is 15.5 Å². The maximum absolute atomic E-state index is 5.37. The minimum absolute atomic E-state index is 0.562. The molecule has 0 aliphatic carbocycles. The number of hydrogen-bond donors (Lipinski definition) is 1. The SMILES string of the molecule is COCCNCCc1nnc(C2CCOCC2)s1. The van der Waals surface area contributed by atoms with Gasteiger partial charge in [-0.2, -0.15) is 0 Å². The van der Waals surface area contributed by atoms with Gasteiger partial charge < -0.3 is 14.8 Å².